The van der Waals surface area contributed by atoms with Gasteiger partial charge in [0, 0.05) is 44.2 Å². The Morgan fingerprint density at radius 1 is 0.124 bits per heavy atom. The molecule has 29 aromatic rings. The first-order chi connectivity index (χ1) is 67.9. The predicted octanol–water partition coefficient (Wildman–Crippen LogP) is 35.1. The van der Waals surface area contributed by atoms with Crippen LogP contribution in [0.4, 0.5) is 0 Å². The lowest BCUT2D eigenvalue weighted by Gasteiger charge is -2.16. The second-order valence-corrected chi connectivity index (χ2v) is 35.7. The average molecular weight is 1740 g/mol. The van der Waals surface area contributed by atoms with E-state index < -0.39 is 0 Å². The van der Waals surface area contributed by atoms with Gasteiger partial charge in [-0.3, -0.25) is 0 Å². The predicted molar refractivity (Wildman–Crippen MR) is 577 cm³/mol. The third-order valence-corrected chi connectivity index (χ3v) is 27.8. The molecular formula is C130H78N6O. The normalized spacial score (nSPS) is 11.8. The van der Waals surface area contributed by atoms with Gasteiger partial charge >= 0.3 is 0 Å². The molecule has 634 valence electrons. The van der Waals surface area contributed by atoms with Gasteiger partial charge in [-0.25, -0.2) is 29.9 Å². The summed E-state index contributed by atoms with van der Waals surface area (Å²) >= 11 is 0. The van der Waals surface area contributed by atoms with E-state index in [9.17, 15) is 0 Å². The van der Waals surface area contributed by atoms with Crippen molar-refractivity contribution in [3.8, 4) is 89.8 Å². The van der Waals surface area contributed by atoms with Crippen LogP contribution in [0, 0.1) is 0 Å². The maximum absolute atomic E-state index is 6.14. The van der Waals surface area contributed by atoms with E-state index in [1.54, 1.807) is 0 Å². The minimum atomic E-state index is 0.852. The van der Waals surface area contributed by atoms with Gasteiger partial charge in [-0.05, 0) is 235 Å². The van der Waals surface area contributed by atoms with Crippen molar-refractivity contribution in [3.63, 3.8) is 0 Å². The Balaban J connectivity index is 0.000000105. The largest absolute Gasteiger partial charge is 0.456 e. The highest BCUT2D eigenvalue weighted by atomic mass is 16.3. The molecule has 0 aliphatic rings. The fourth-order valence-corrected chi connectivity index (χ4v) is 21.3. The Morgan fingerprint density at radius 2 is 0.438 bits per heavy atom. The highest BCUT2D eigenvalue weighted by Gasteiger charge is 2.24. The maximum atomic E-state index is 6.14. The molecule has 25 aromatic carbocycles. The molecule has 4 heterocycles. The van der Waals surface area contributed by atoms with Crippen LogP contribution in [0.3, 0.4) is 0 Å². The molecular weight excluding hydrogens is 1660 g/mol. The van der Waals surface area contributed by atoms with E-state index in [1.165, 1.54) is 146 Å². The molecule has 0 aliphatic heterocycles. The van der Waals surface area contributed by atoms with Gasteiger partial charge < -0.3 is 4.42 Å². The maximum Gasteiger partial charge on any atom is 0.135 e. The molecule has 0 amide bonds. The van der Waals surface area contributed by atoms with Gasteiger partial charge in [0.2, 0.25) is 0 Å². The number of nitrogens with zero attached hydrogens (tertiary/aromatic N) is 6. The molecule has 0 N–H and O–H groups in total. The van der Waals surface area contributed by atoms with Crippen LogP contribution in [0.2, 0.25) is 0 Å². The molecule has 0 saturated heterocycles. The zero-order valence-corrected chi connectivity index (χ0v) is 74.1. The number of furan rings is 1. The lowest BCUT2D eigenvalue weighted by molar-refractivity contribution is 0.669. The zero-order valence-electron chi connectivity index (χ0n) is 74.1. The van der Waals surface area contributed by atoms with Crippen LogP contribution in [0.25, 0.3) is 285 Å². The summed E-state index contributed by atoms with van der Waals surface area (Å²) in [4.78, 5) is 31.6. The standard InChI is InChI=1S/C48H28N2O.C46H28N2.C36H22N2/c1-2-9-32(10-3-1)47-48(35-21-25-45-41(27-35)38-12-6-7-13-44(38)51-45)49-42-24-20-34(28-43(42)50-47)33-17-15-30-14-16-31-19-22-37-36-11-5-4-8-29(36)18-23-39(37)46(31)40(30)26-33;1-2-11-33(12-3-1)45-46(36-20-17-29-9-4-5-13-34(29)27-36)47-41-26-23-35(28-42(41)48-45)38-16-8-14-31-18-19-32-22-24-39-37-15-7-6-10-30(37)21-25-40(39)44(32)43(31)38;1-2-10-26(11-3-1)35-36(38-32-16-7-6-15-31(32)37-35)30-14-8-12-24-17-18-25-20-21-28-27-13-5-4-9-23(27)19-22-29(28)33(25)34(24)30/h1-28H;1-28H;1-22H. The number of aromatic nitrogens is 6. The minimum absolute atomic E-state index is 0.852. The van der Waals surface area contributed by atoms with E-state index >= 15 is 0 Å². The first-order valence-corrected chi connectivity index (χ1v) is 46.7. The minimum Gasteiger partial charge on any atom is -0.456 e. The summed E-state index contributed by atoms with van der Waals surface area (Å²) in [6.45, 7) is 0. The van der Waals surface area contributed by atoms with Gasteiger partial charge in [-0.1, -0.05) is 400 Å². The third-order valence-electron chi connectivity index (χ3n) is 27.8. The monoisotopic (exact) mass is 1740 g/mol. The van der Waals surface area contributed by atoms with Crippen LogP contribution < -0.4 is 0 Å². The zero-order chi connectivity index (χ0) is 90.1. The molecule has 0 bridgehead atoms. The van der Waals surface area contributed by atoms with Gasteiger partial charge in [-0.2, -0.15) is 0 Å². The Bertz CT molecular complexity index is 10100. The van der Waals surface area contributed by atoms with Crippen molar-refractivity contribution in [2.75, 3.05) is 0 Å². The van der Waals surface area contributed by atoms with E-state index in [-0.39, 0.29) is 0 Å². The highest BCUT2D eigenvalue weighted by Crippen LogP contribution is 2.47. The number of para-hydroxylation sites is 3. The summed E-state index contributed by atoms with van der Waals surface area (Å²) in [5.41, 5.74) is 23.2. The third kappa shape index (κ3) is 13.5. The summed E-state index contributed by atoms with van der Waals surface area (Å²) in [6, 6.07) is 168. The molecule has 7 heteroatoms. The molecule has 0 saturated carbocycles. The first-order valence-electron chi connectivity index (χ1n) is 46.7. The van der Waals surface area contributed by atoms with Gasteiger partial charge in [0.05, 0.1) is 67.3 Å². The van der Waals surface area contributed by atoms with Crippen LogP contribution in [0.5, 0.6) is 0 Å². The summed E-state index contributed by atoms with van der Waals surface area (Å²) in [6.07, 6.45) is 0. The number of fused-ring (bicyclic) bond motifs is 28. The van der Waals surface area contributed by atoms with Crippen molar-refractivity contribution in [2.24, 2.45) is 0 Å². The van der Waals surface area contributed by atoms with Crippen LogP contribution >= 0.6 is 0 Å². The van der Waals surface area contributed by atoms with Crippen molar-refractivity contribution >= 4 is 195 Å². The number of hydrogen-bond donors (Lipinski definition) is 0. The summed E-state index contributed by atoms with van der Waals surface area (Å²) in [5, 5.41) is 34.7. The second kappa shape index (κ2) is 32.3. The number of rotatable bonds is 8. The van der Waals surface area contributed by atoms with Crippen molar-refractivity contribution < 1.29 is 4.42 Å². The Labute approximate surface area is 786 Å². The van der Waals surface area contributed by atoms with Crippen molar-refractivity contribution in [1.29, 1.82) is 0 Å². The molecule has 0 unspecified atom stereocenters. The van der Waals surface area contributed by atoms with E-state index in [0.29, 0.717) is 0 Å². The summed E-state index contributed by atoms with van der Waals surface area (Å²) in [5.74, 6) is 0. The molecule has 137 heavy (non-hydrogen) atoms. The van der Waals surface area contributed by atoms with Crippen LogP contribution in [0.15, 0.2) is 478 Å². The van der Waals surface area contributed by atoms with E-state index in [1.807, 2.05) is 60.7 Å². The topological polar surface area (TPSA) is 90.5 Å². The number of hydrogen-bond acceptors (Lipinski definition) is 7. The van der Waals surface area contributed by atoms with Gasteiger partial charge in [-0.15, -0.1) is 0 Å². The summed E-state index contributed by atoms with van der Waals surface area (Å²) in [7, 11) is 0. The summed E-state index contributed by atoms with van der Waals surface area (Å²) < 4.78 is 6.14. The lowest BCUT2D eigenvalue weighted by atomic mass is 9.90. The van der Waals surface area contributed by atoms with Crippen molar-refractivity contribution in [1.82, 2.24) is 29.9 Å². The van der Waals surface area contributed by atoms with E-state index in [4.69, 9.17) is 34.3 Å². The molecule has 7 nitrogen and oxygen atoms in total. The van der Waals surface area contributed by atoms with E-state index in [0.717, 1.165) is 139 Å². The SMILES string of the molecule is c1ccc(-c2nc3cc(-c4ccc5ccc6ccc7c8ccccc8ccc7c6c5c4)ccc3nc2-c2ccc3oc4ccccc4c3c2)cc1.c1ccc(-c2nc3cc(-c4cccc5ccc6ccc7c8ccccc8ccc7c6c45)ccc3nc2-c2ccc3ccccc3c2)cc1.c1ccc(-c2nc3ccccc3nc2-c2cccc3ccc4ccc5c6ccccc6ccc5c4c23)cc1. The molecule has 4 aromatic heterocycles. The van der Waals surface area contributed by atoms with E-state index in [2.05, 4.69) is 413 Å². The quantitative estimate of drug-likeness (QED) is 0.140. The fraction of sp³-hybridized carbons (Fsp3) is 0. The van der Waals surface area contributed by atoms with Crippen molar-refractivity contribution in [3.05, 3.63) is 473 Å². The van der Waals surface area contributed by atoms with Gasteiger partial charge in [0.1, 0.15) is 11.2 Å². The molecule has 0 fully saturated rings. The van der Waals surface area contributed by atoms with Gasteiger partial charge in [0.15, 0.2) is 0 Å². The fourth-order valence-electron chi connectivity index (χ4n) is 21.3. The molecule has 0 atom stereocenters. The van der Waals surface area contributed by atoms with Gasteiger partial charge in [0.25, 0.3) is 0 Å². The van der Waals surface area contributed by atoms with Crippen LogP contribution in [0.1, 0.15) is 0 Å². The molecule has 0 spiro atoms. The van der Waals surface area contributed by atoms with Crippen molar-refractivity contribution in [2.45, 2.75) is 0 Å². The first kappa shape index (κ1) is 78.5. The lowest BCUT2D eigenvalue weighted by Crippen LogP contribution is -1.96. The second-order valence-electron chi connectivity index (χ2n) is 35.7. The Morgan fingerprint density at radius 3 is 1.00 bits per heavy atom. The average Bonchev–Trinajstić information content (AvgIpc) is 1.01. The molecule has 0 aliphatic carbocycles. The highest BCUT2D eigenvalue weighted by molar-refractivity contribution is 6.30. The number of benzene rings is 25. The molecule has 29 rings (SSSR count). The molecule has 0 radical (unpaired) electrons. The van der Waals surface area contributed by atoms with Crippen LogP contribution in [-0.4, -0.2) is 29.9 Å². The van der Waals surface area contributed by atoms with Crippen LogP contribution in [-0.2, 0) is 0 Å². The Kier molecular flexibility index (Phi) is 18.5. The Hall–Kier alpha value is -18.3. The smallest absolute Gasteiger partial charge is 0.135 e.